The van der Waals surface area contributed by atoms with E-state index in [2.05, 4.69) is 31.3 Å². The number of rotatable bonds is 42. The van der Waals surface area contributed by atoms with Gasteiger partial charge in [0.1, 0.15) is 36.6 Å². The van der Waals surface area contributed by atoms with Crippen molar-refractivity contribution in [2.75, 3.05) is 13.2 Å². The van der Waals surface area contributed by atoms with Gasteiger partial charge in [-0.1, -0.05) is 199 Å². The van der Waals surface area contributed by atoms with E-state index in [1.54, 1.807) is 0 Å². The quantitative estimate of drug-likeness (QED) is 0.0218. The van der Waals surface area contributed by atoms with Crippen LogP contribution in [0.1, 0.15) is 226 Å². The second kappa shape index (κ2) is 39.4. The largest absolute Gasteiger partial charge is 0.394 e. The summed E-state index contributed by atoms with van der Waals surface area (Å²) in [4.78, 5) is 13.1. The first-order valence-electron chi connectivity index (χ1n) is 25.1. The molecule has 1 amide bonds. The van der Waals surface area contributed by atoms with Crippen molar-refractivity contribution in [3.05, 3.63) is 12.2 Å². The number of unbranched alkanes of at least 4 members (excludes halogenated alkanes) is 28. The van der Waals surface area contributed by atoms with Gasteiger partial charge < -0.3 is 50.5 Å². The minimum absolute atomic E-state index is 0.258. The Hall–Kier alpha value is -1.15. The lowest BCUT2D eigenvalue weighted by atomic mass is 9.98. The molecule has 0 radical (unpaired) electrons. The van der Waals surface area contributed by atoms with E-state index in [1.165, 1.54) is 148 Å². The summed E-state index contributed by atoms with van der Waals surface area (Å²) in [7, 11) is 0. The minimum atomic E-state index is -1.66. The van der Waals surface area contributed by atoms with E-state index in [4.69, 9.17) is 9.47 Å². The fourth-order valence-electron chi connectivity index (χ4n) is 8.15. The van der Waals surface area contributed by atoms with Gasteiger partial charge in [-0.15, -0.1) is 0 Å². The lowest BCUT2D eigenvalue weighted by Crippen LogP contribution is -2.60. The number of amides is 1. The zero-order valence-electron chi connectivity index (χ0n) is 38.5. The highest BCUT2D eigenvalue weighted by atomic mass is 16.7. The summed E-state index contributed by atoms with van der Waals surface area (Å²) in [6.07, 6.45) is 31.3. The van der Waals surface area contributed by atoms with E-state index >= 15 is 0 Å². The molecule has 1 rings (SSSR count). The van der Waals surface area contributed by atoms with Crippen LogP contribution < -0.4 is 5.32 Å². The van der Waals surface area contributed by atoms with Gasteiger partial charge in [-0.05, 0) is 38.5 Å². The molecular formula is C49H95NO10. The van der Waals surface area contributed by atoms with Crippen LogP contribution in [0.15, 0.2) is 12.2 Å². The lowest BCUT2D eigenvalue weighted by molar-refractivity contribution is -0.303. The van der Waals surface area contributed by atoms with E-state index in [-0.39, 0.29) is 12.8 Å². The number of carbonyl (C=O) groups is 1. The molecule has 0 saturated carbocycles. The summed E-state index contributed by atoms with van der Waals surface area (Å²) in [5.74, 6) is -0.705. The molecule has 0 spiro atoms. The highest BCUT2D eigenvalue weighted by molar-refractivity contribution is 5.80. The fourth-order valence-corrected chi connectivity index (χ4v) is 8.15. The van der Waals surface area contributed by atoms with Crippen LogP contribution in [0.4, 0.5) is 0 Å². The summed E-state index contributed by atoms with van der Waals surface area (Å²) < 4.78 is 11.1. The van der Waals surface area contributed by atoms with E-state index in [0.717, 1.165) is 38.5 Å². The molecule has 356 valence electrons. The number of nitrogens with one attached hydrogen (secondary N) is 1. The standard InChI is InChI=1S/C49H95NO10/c1-3-5-7-9-11-13-15-17-18-19-20-21-22-23-24-25-27-28-30-32-34-36-41(52)44(54)40(39-59-49-47(57)46(56)45(55)43(38-51)60-49)50-48(58)42(53)37-35-33-31-29-26-16-14-12-10-8-6-4-2/h28,30,40-47,49,51-57H,3-27,29,31-39H2,1-2H3,(H,50,58)/b30-28+. The Morgan fingerprint density at radius 3 is 1.43 bits per heavy atom. The SMILES string of the molecule is CCCCCCCCCCCCCCCCCC/C=C/CCCC(O)C(O)C(COC1OC(CO)C(O)C(O)C1O)NC(=O)C(O)CCCCCCCCCCCCCC. The minimum Gasteiger partial charge on any atom is -0.394 e. The first-order chi connectivity index (χ1) is 29.2. The Kier molecular flexibility index (Phi) is 37.4. The molecule has 0 aromatic carbocycles. The number of hydrogen-bond donors (Lipinski definition) is 8. The number of allylic oxidation sites excluding steroid dienone is 2. The third-order valence-corrected chi connectivity index (χ3v) is 12.3. The number of ether oxygens (including phenoxy) is 2. The summed E-state index contributed by atoms with van der Waals surface area (Å²) in [5.41, 5.74) is 0. The highest BCUT2D eigenvalue weighted by Gasteiger charge is 2.44. The predicted octanol–water partition coefficient (Wildman–Crippen LogP) is 8.84. The molecule has 0 aliphatic carbocycles. The molecule has 11 heteroatoms. The van der Waals surface area contributed by atoms with Crippen LogP contribution in [0, 0.1) is 0 Å². The number of aliphatic hydroxyl groups excluding tert-OH is 7. The van der Waals surface area contributed by atoms with Crippen LogP contribution >= 0.6 is 0 Å². The van der Waals surface area contributed by atoms with Crippen molar-refractivity contribution < 1.29 is 50.0 Å². The van der Waals surface area contributed by atoms with Gasteiger partial charge in [-0.2, -0.15) is 0 Å². The molecule has 9 unspecified atom stereocenters. The number of hydrogen-bond acceptors (Lipinski definition) is 10. The van der Waals surface area contributed by atoms with Crippen molar-refractivity contribution >= 4 is 5.91 Å². The number of aliphatic hydroxyl groups is 7. The van der Waals surface area contributed by atoms with E-state index in [9.17, 15) is 40.5 Å². The fraction of sp³-hybridized carbons (Fsp3) is 0.939. The zero-order valence-corrected chi connectivity index (χ0v) is 38.5. The van der Waals surface area contributed by atoms with Crippen LogP contribution in [0.3, 0.4) is 0 Å². The van der Waals surface area contributed by atoms with Crippen LogP contribution in [0.5, 0.6) is 0 Å². The summed E-state index contributed by atoms with van der Waals surface area (Å²) in [6.45, 7) is 3.43. The zero-order chi connectivity index (χ0) is 44.1. The van der Waals surface area contributed by atoms with Gasteiger partial charge >= 0.3 is 0 Å². The van der Waals surface area contributed by atoms with Gasteiger partial charge in [-0.3, -0.25) is 4.79 Å². The second-order valence-corrected chi connectivity index (χ2v) is 17.9. The molecule has 1 aliphatic rings. The average Bonchev–Trinajstić information content (AvgIpc) is 3.25. The molecule has 0 aromatic heterocycles. The van der Waals surface area contributed by atoms with Crippen molar-refractivity contribution in [3.63, 3.8) is 0 Å². The summed E-state index contributed by atoms with van der Waals surface area (Å²) in [6, 6.07) is -1.18. The van der Waals surface area contributed by atoms with Crippen LogP contribution in [-0.2, 0) is 14.3 Å². The van der Waals surface area contributed by atoms with E-state index < -0.39 is 74.2 Å². The number of carbonyl (C=O) groups excluding carboxylic acids is 1. The Labute approximate surface area is 366 Å². The van der Waals surface area contributed by atoms with E-state index in [1.807, 2.05) is 0 Å². The molecule has 0 bridgehead atoms. The molecule has 9 atom stereocenters. The smallest absolute Gasteiger partial charge is 0.249 e. The van der Waals surface area contributed by atoms with Gasteiger partial charge in [0, 0.05) is 0 Å². The molecule has 11 nitrogen and oxygen atoms in total. The Bertz CT molecular complexity index is 986. The predicted molar refractivity (Wildman–Crippen MR) is 243 cm³/mol. The van der Waals surface area contributed by atoms with Crippen molar-refractivity contribution in [2.45, 2.75) is 281 Å². The maximum absolute atomic E-state index is 13.1. The Morgan fingerprint density at radius 1 is 0.567 bits per heavy atom. The van der Waals surface area contributed by atoms with Gasteiger partial charge in [0.2, 0.25) is 5.91 Å². The third-order valence-electron chi connectivity index (χ3n) is 12.3. The molecule has 1 aliphatic heterocycles. The van der Waals surface area contributed by atoms with Crippen molar-refractivity contribution in [1.82, 2.24) is 5.32 Å². The first kappa shape index (κ1) is 56.9. The maximum atomic E-state index is 13.1. The van der Waals surface area contributed by atoms with Crippen molar-refractivity contribution in [1.29, 1.82) is 0 Å². The van der Waals surface area contributed by atoms with Gasteiger partial charge in [0.25, 0.3) is 0 Å². The molecule has 8 N–H and O–H groups in total. The van der Waals surface area contributed by atoms with Crippen molar-refractivity contribution in [3.8, 4) is 0 Å². The lowest BCUT2D eigenvalue weighted by Gasteiger charge is -2.40. The molecule has 1 heterocycles. The first-order valence-corrected chi connectivity index (χ1v) is 25.1. The third kappa shape index (κ3) is 28.5. The molecular weight excluding hydrogens is 763 g/mol. The van der Waals surface area contributed by atoms with Crippen LogP contribution in [-0.4, -0.2) is 110 Å². The second-order valence-electron chi connectivity index (χ2n) is 17.9. The van der Waals surface area contributed by atoms with Crippen molar-refractivity contribution in [2.24, 2.45) is 0 Å². The topological polar surface area (TPSA) is 189 Å². The molecule has 60 heavy (non-hydrogen) atoms. The average molecular weight is 858 g/mol. The summed E-state index contributed by atoms with van der Waals surface area (Å²) >= 11 is 0. The Morgan fingerprint density at radius 2 is 0.983 bits per heavy atom. The normalized spacial score (nSPS) is 21.6. The van der Waals surface area contributed by atoms with E-state index in [0.29, 0.717) is 12.8 Å². The highest BCUT2D eigenvalue weighted by Crippen LogP contribution is 2.23. The van der Waals surface area contributed by atoms with Crippen LogP contribution in [0.25, 0.3) is 0 Å². The Balaban J connectivity index is 2.40. The van der Waals surface area contributed by atoms with Gasteiger partial charge in [-0.25, -0.2) is 0 Å². The maximum Gasteiger partial charge on any atom is 0.249 e. The van der Waals surface area contributed by atoms with Crippen LogP contribution in [0.2, 0.25) is 0 Å². The molecule has 1 fully saturated rings. The van der Waals surface area contributed by atoms with Gasteiger partial charge in [0.05, 0.1) is 25.4 Å². The molecule has 0 aromatic rings. The monoisotopic (exact) mass is 858 g/mol. The summed E-state index contributed by atoms with van der Waals surface area (Å²) in [5, 5.41) is 75.7. The molecule has 1 saturated heterocycles. The van der Waals surface area contributed by atoms with Gasteiger partial charge in [0.15, 0.2) is 6.29 Å².